The first-order valence-electron chi connectivity index (χ1n) is 7.64. The molecule has 0 heterocycles. The molecule has 0 aromatic heterocycles. The Morgan fingerprint density at radius 2 is 0.939 bits per heavy atom. The van der Waals surface area contributed by atoms with Gasteiger partial charge in [-0.25, -0.2) is 0 Å². The van der Waals surface area contributed by atoms with Crippen molar-refractivity contribution in [2.45, 2.75) is 65.8 Å². The van der Waals surface area contributed by atoms with Crippen LogP contribution in [0.5, 0.6) is 0 Å². The van der Waals surface area contributed by atoms with E-state index in [1.807, 2.05) is 15.9 Å². The average Bonchev–Trinajstić information content (AvgIpc) is 2.59. The number of alkyl halides is 18. The molecule has 198 valence electrons. The third-order valence-corrected chi connectivity index (χ3v) is 4.46. The zero-order valence-corrected chi connectivity index (χ0v) is 16.7. The second-order valence-electron chi connectivity index (χ2n) is 6.07. The van der Waals surface area contributed by atoms with Gasteiger partial charge in [0.25, 0.3) is 0 Å². The quantitative estimate of drug-likeness (QED) is 0.159. The van der Waals surface area contributed by atoms with Crippen LogP contribution in [0.25, 0.3) is 0 Å². The molecule has 2 nitrogen and oxygen atoms in total. The highest BCUT2D eigenvalue weighted by Gasteiger charge is 2.95. The van der Waals surface area contributed by atoms with Gasteiger partial charge in [-0.2, -0.15) is 74.6 Å². The van der Waals surface area contributed by atoms with Crippen LogP contribution >= 0.6 is 15.9 Å². The fourth-order valence-corrected chi connectivity index (χ4v) is 2.40. The van der Waals surface area contributed by atoms with E-state index < -0.39 is 71.5 Å². The summed E-state index contributed by atoms with van der Waals surface area (Å²) >= 11 is 1.90. The Morgan fingerprint density at radius 3 is 1.24 bits per heavy atom. The van der Waals surface area contributed by atoms with E-state index in [1.54, 1.807) is 0 Å². The Labute approximate surface area is 179 Å². The van der Waals surface area contributed by atoms with Gasteiger partial charge in [0.15, 0.2) is 0 Å². The summed E-state index contributed by atoms with van der Waals surface area (Å²) in [5, 5.41) is 0. The van der Waals surface area contributed by atoms with Gasteiger partial charge in [0.2, 0.25) is 0 Å². The molecule has 0 radical (unpaired) electrons. The maximum Gasteiger partial charge on any atom is 0.460 e. The standard InChI is InChI=1S/C13H8BrF17O2/c1-2-33-5(32)4(14)3-6(15,16)7(17,18)8(19,20)9(21,22)10(23,24)11(25,26)12(27,28)13(29,30)31/h4H,2-3H2,1H3. The molecule has 0 aliphatic rings. The Morgan fingerprint density at radius 1 is 0.636 bits per heavy atom. The summed E-state index contributed by atoms with van der Waals surface area (Å²) in [5.41, 5.74) is 0. The largest absolute Gasteiger partial charge is 0.465 e. The number of hydrogen-bond acceptors (Lipinski definition) is 2. The molecule has 20 heteroatoms. The summed E-state index contributed by atoms with van der Waals surface area (Å²) in [6.07, 6.45) is -10.7. The van der Waals surface area contributed by atoms with Gasteiger partial charge < -0.3 is 4.74 Å². The van der Waals surface area contributed by atoms with Crippen molar-refractivity contribution in [3.63, 3.8) is 0 Å². The van der Waals surface area contributed by atoms with Crippen LogP contribution < -0.4 is 0 Å². The molecule has 0 spiro atoms. The van der Waals surface area contributed by atoms with Crippen molar-refractivity contribution in [1.82, 2.24) is 0 Å². The number of rotatable bonds is 10. The first kappa shape index (κ1) is 31.8. The van der Waals surface area contributed by atoms with Crippen molar-refractivity contribution in [3.8, 4) is 0 Å². The van der Waals surface area contributed by atoms with Gasteiger partial charge in [-0.3, -0.25) is 4.79 Å². The lowest BCUT2D eigenvalue weighted by Crippen LogP contribution is -2.74. The van der Waals surface area contributed by atoms with Crippen LogP contribution in [-0.4, -0.2) is 65.0 Å². The molecule has 1 atom stereocenters. The highest BCUT2D eigenvalue weighted by atomic mass is 79.9. The molecule has 0 N–H and O–H groups in total. The van der Waals surface area contributed by atoms with Crippen molar-refractivity contribution < 1.29 is 84.2 Å². The first-order valence-corrected chi connectivity index (χ1v) is 8.55. The number of hydrogen-bond donors (Lipinski definition) is 0. The minimum absolute atomic E-state index is 0.633. The van der Waals surface area contributed by atoms with E-state index in [-0.39, 0.29) is 0 Å². The smallest absolute Gasteiger partial charge is 0.460 e. The molecule has 0 fully saturated rings. The van der Waals surface area contributed by atoms with E-state index in [9.17, 15) is 79.4 Å². The maximum absolute atomic E-state index is 13.6. The molecular formula is C13H8BrF17O2. The van der Waals surface area contributed by atoms with Crippen molar-refractivity contribution in [3.05, 3.63) is 0 Å². The lowest BCUT2D eigenvalue weighted by Gasteiger charge is -2.43. The van der Waals surface area contributed by atoms with Crippen molar-refractivity contribution in [1.29, 1.82) is 0 Å². The van der Waals surface area contributed by atoms with E-state index in [1.165, 1.54) is 0 Å². The summed E-state index contributed by atoms with van der Waals surface area (Å²) in [5.74, 6) is -58.9. The zero-order valence-electron chi connectivity index (χ0n) is 15.1. The third-order valence-electron chi connectivity index (χ3n) is 3.77. The van der Waals surface area contributed by atoms with Crippen LogP contribution in [0.3, 0.4) is 0 Å². The van der Waals surface area contributed by atoms with Gasteiger partial charge in [0, 0.05) is 6.42 Å². The topological polar surface area (TPSA) is 26.3 Å². The maximum atomic E-state index is 13.6. The Balaban J connectivity index is 6.56. The van der Waals surface area contributed by atoms with Crippen LogP contribution in [0.1, 0.15) is 13.3 Å². The molecule has 0 aromatic carbocycles. The zero-order chi connectivity index (χ0) is 27.3. The molecule has 33 heavy (non-hydrogen) atoms. The van der Waals surface area contributed by atoms with E-state index >= 15 is 0 Å². The molecule has 1 unspecified atom stereocenters. The summed E-state index contributed by atoms with van der Waals surface area (Å²) in [4.78, 5) is 8.39. The Kier molecular flexibility index (Phi) is 8.43. The van der Waals surface area contributed by atoms with Crippen molar-refractivity contribution in [2.75, 3.05) is 6.61 Å². The minimum Gasteiger partial charge on any atom is -0.465 e. The van der Waals surface area contributed by atoms with Gasteiger partial charge in [0.1, 0.15) is 4.83 Å². The lowest BCUT2D eigenvalue weighted by molar-refractivity contribution is -0.461. The van der Waals surface area contributed by atoms with Gasteiger partial charge in [-0.15, -0.1) is 0 Å². The molecular weight excluding hydrogens is 591 g/mol. The van der Waals surface area contributed by atoms with Gasteiger partial charge in [0.05, 0.1) is 6.61 Å². The van der Waals surface area contributed by atoms with E-state index in [0.29, 0.717) is 0 Å². The van der Waals surface area contributed by atoms with E-state index in [4.69, 9.17) is 0 Å². The molecule has 0 bridgehead atoms. The molecule has 0 amide bonds. The highest BCUT2D eigenvalue weighted by Crippen LogP contribution is 2.64. The third kappa shape index (κ3) is 4.68. The normalized spacial score (nSPS) is 16.6. The predicted molar refractivity (Wildman–Crippen MR) is 74.6 cm³/mol. The van der Waals surface area contributed by atoms with Crippen LogP contribution in [0.2, 0.25) is 0 Å². The second-order valence-corrected chi connectivity index (χ2v) is 7.18. The van der Waals surface area contributed by atoms with Crippen LogP contribution in [0.4, 0.5) is 74.6 Å². The summed E-state index contributed by atoms with van der Waals surface area (Å²) in [6.45, 7) is 0.379. The number of carbonyl (C=O) groups is 1. The SMILES string of the molecule is CCOC(=O)C(Br)CC(F)(F)C(F)(F)C(F)(F)C(F)(F)C(F)(F)C(F)(F)C(F)(F)C(F)(F)F. The van der Waals surface area contributed by atoms with Crippen LogP contribution in [-0.2, 0) is 9.53 Å². The highest BCUT2D eigenvalue weighted by molar-refractivity contribution is 9.10. The Hall–Kier alpha value is -1.24. The Bertz CT molecular complexity index is 714. The average molecular weight is 599 g/mol. The second kappa shape index (κ2) is 8.76. The summed E-state index contributed by atoms with van der Waals surface area (Å²) < 4.78 is 226. The molecule has 0 saturated carbocycles. The number of halogens is 18. The minimum atomic E-state index is -8.68. The molecule has 0 rings (SSSR count). The first-order chi connectivity index (χ1) is 14.1. The van der Waals surface area contributed by atoms with E-state index in [0.717, 1.165) is 6.92 Å². The lowest BCUT2D eigenvalue weighted by atomic mass is 9.88. The van der Waals surface area contributed by atoms with E-state index in [2.05, 4.69) is 4.74 Å². The number of ether oxygens (including phenoxy) is 1. The number of carbonyl (C=O) groups excluding carboxylic acids is 1. The molecule has 0 aromatic rings. The predicted octanol–water partition coefficient (Wildman–Crippen LogP) is 6.71. The fraction of sp³-hybridized carbons (Fsp3) is 0.923. The molecule has 0 aliphatic carbocycles. The number of esters is 1. The van der Waals surface area contributed by atoms with Gasteiger partial charge in [-0.05, 0) is 6.92 Å². The van der Waals surface area contributed by atoms with Gasteiger partial charge in [-0.1, -0.05) is 15.9 Å². The summed E-state index contributed by atoms with van der Waals surface area (Å²) in [6, 6.07) is 0. The van der Waals surface area contributed by atoms with Crippen molar-refractivity contribution >= 4 is 21.9 Å². The summed E-state index contributed by atoms with van der Waals surface area (Å²) in [7, 11) is 0. The molecule has 0 saturated heterocycles. The van der Waals surface area contributed by atoms with Crippen LogP contribution in [0.15, 0.2) is 0 Å². The van der Waals surface area contributed by atoms with Crippen LogP contribution in [0, 0.1) is 0 Å². The molecule has 0 aliphatic heterocycles. The van der Waals surface area contributed by atoms with Crippen molar-refractivity contribution in [2.24, 2.45) is 0 Å². The fourth-order valence-electron chi connectivity index (χ4n) is 1.87. The monoisotopic (exact) mass is 598 g/mol. The van der Waals surface area contributed by atoms with Gasteiger partial charge >= 0.3 is 53.6 Å².